The van der Waals surface area contributed by atoms with Gasteiger partial charge in [-0.3, -0.25) is 4.79 Å². The minimum atomic E-state index is -0.749. The molecule has 3 aromatic rings. The van der Waals surface area contributed by atoms with Gasteiger partial charge in [0, 0.05) is 13.0 Å². The van der Waals surface area contributed by atoms with Gasteiger partial charge >= 0.3 is 5.97 Å². The monoisotopic (exact) mass is 480 g/mol. The van der Waals surface area contributed by atoms with E-state index >= 15 is 0 Å². The normalized spacial score (nSPS) is 18.7. The number of nitrogens with zero attached hydrogens (tertiary/aromatic N) is 7. The zero-order valence-electron chi connectivity index (χ0n) is 20.6. The molecule has 35 heavy (non-hydrogen) atoms. The molecule has 3 atom stereocenters. The van der Waals surface area contributed by atoms with Crippen LogP contribution in [0.2, 0.25) is 0 Å². The second-order valence-corrected chi connectivity index (χ2v) is 9.06. The number of hydrogen-bond acceptors (Lipinski definition) is 9. The average molecular weight is 481 g/mol. The van der Waals surface area contributed by atoms with Crippen molar-refractivity contribution < 1.29 is 14.6 Å². The van der Waals surface area contributed by atoms with Crippen LogP contribution < -0.4 is 10.1 Å². The van der Waals surface area contributed by atoms with E-state index in [0.717, 1.165) is 36.5 Å². The number of anilines is 1. The molecule has 1 saturated carbocycles. The van der Waals surface area contributed by atoms with E-state index in [1.54, 1.807) is 4.68 Å². The van der Waals surface area contributed by atoms with Gasteiger partial charge in [0.15, 0.2) is 0 Å². The highest BCUT2D eigenvalue weighted by Crippen LogP contribution is 2.30. The summed E-state index contributed by atoms with van der Waals surface area (Å²) in [4.78, 5) is 29.1. The fraction of sp³-hybridized carbons (Fsp3) is 0.542. The van der Waals surface area contributed by atoms with Gasteiger partial charge in [-0.15, -0.1) is 5.10 Å². The summed E-state index contributed by atoms with van der Waals surface area (Å²) in [5.74, 6) is 1.08. The van der Waals surface area contributed by atoms with Gasteiger partial charge in [-0.1, -0.05) is 19.1 Å². The smallest absolute Gasteiger partial charge is 0.306 e. The molecule has 4 rings (SSSR count). The molecule has 1 aliphatic carbocycles. The molecule has 0 saturated heterocycles. The van der Waals surface area contributed by atoms with Crippen molar-refractivity contribution in [3.05, 3.63) is 35.7 Å². The van der Waals surface area contributed by atoms with Crippen LogP contribution >= 0.6 is 0 Å². The number of carboxylic acids is 1. The van der Waals surface area contributed by atoms with Crippen LogP contribution in [0, 0.1) is 12.8 Å². The Bertz CT molecular complexity index is 1180. The van der Waals surface area contributed by atoms with Gasteiger partial charge < -0.3 is 15.2 Å². The van der Waals surface area contributed by atoms with Crippen LogP contribution in [0.15, 0.2) is 18.5 Å². The molecule has 0 aromatic carbocycles. The lowest BCUT2D eigenvalue weighted by molar-refractivity contribution is -0.143. The van der Waals surface area contributed by atoms with Gasteiger partial charge in [-0.05, 0) is 51.2 Å². The van der Waals surface area contributed by atoms with Gasteiger partial charge in [0.05, 0.1) is 35.6 Å². The van der Waals surface area contributed by atoms with E-state index < -0.39 is 5.97 Å². The number of pyridine rings is 1. The second-order valence-electron chi connectivity index (χ2n) is 9.06. The molecule has 186 valence electrons. The minimum Gasteiger partial charge on any atom is -0.489 e. The third-order valence-corrected chi connectivity index (χ3v) is 6.55. The first-order valence-corrected chi connectivity index (χ1v) is 12.0. The van der Waals surface area contributed by atoms with E-state index in [4.69, 9.17) is 9.72 Å². The number of nitrogens with one attached hydrogen (secondary N) is 1. The molecule has 0 aliphatic heterocycles. The predicted octanol–water partition coefficient (Wildman–Crippen LogP) is 3.52. The van der Waals surface area contributed by atoms with Crippen LogP contribution in [0.3, 0.4) is 0 Å². The van der Waals surface area contributed by atoms with Crippen LogP contribution in [-0.4, -0.2) is 52.1 Å². The third-order valence-electron chi connectivity index (χ3n) is 6.55. The highest BCUT2D eigenvalue weighted by Gasteiger charge is 2.28. The number of hydrogen-bond donors (Lipinski definition) is 2. The first-order valence-electron chi connectivity index (χ1n) is 12.0. The van der Waals surface area contributed by atoms with E-state index in [1.165, 1.54) is 6.33 Å². The Morgan fingerprint density at radius 1 is 1.29 bits per heavy atom. The Morgan fingerprint density at radius 3 is 2.86 bits per heavy atom. The van der Waals surface area contributed by atoms with Crippen molar-refractivity contribution in [2.45, 2.75) is 71.4 Å². The molecular weight excluding hydrogens is 448 g/mol. The van der Waals surface area contributed by atoms with Gasteiger partial charge in [0.1, 0.15) is 23.6 Å². The molecule has 0 spiro atoms. The first-order chi connectivity index (χ1) is 16.9. The van der Waals surface area contributed by atoms with Gasteiger partial charge in [0.25, 0.3) is 0 Å². The molecule has 3 aromatic heterocycles. The quantitative estimate of drug-likeness (QED) is 0.467. The number of aromatic nitrogens is 7. The molecule has 0 bridgehead atoms. The Kier molecular flexibility index (Phi) is 7.52. The van der Waals surface area contributed by atoms with Crippen molar-refractivity contribution in [3.63, 3.8) is 0 Å². The largest absolute Gasteiger partial charge is 0.489 e. The van der Waals surface area contributed by atoms with Crippen LogP contribution in [-0.2, 0) is 18.4 Å². The summed E-state index contributed by atoms with van der Waals surface area (Å²) in [5, 5.41) is 21.1. The maximum Gasteiger partial charge on any atom is 0.306 e. The van der Waals surface area contributed by atoms with Crippen LogP contribution in [0.1, 0.15) is 69.1 Å². The van der Waals surface area contributed by atoms with Crippen molar-refractivity contribution in [1.82, 2.24) is 34.9 Å². The summed E-state index contributed by atoms with van der Waals surface area (Å²) in [6.45, 7) is 6.48. The molecule has 0 radical (unpaired) electrons. The summed E-state index contributed by atoms with van der Waals surface area (Å²) >= 11 is 0. The van der Waals surface area contributed by atoms with Crippen molar-refractivity contribution in [3.8, 4) is 17.1 Å². The average Bonchev–Trinajstić information content (AvgIpc) is 3.24. The number of aliphatic carboxylic acids is 1. The van der Waals surface area contributed by atoms with Gasteiger partial charge in [0.2, 0.25) is 5.95 Å². The molecule has 1 unspecified atom stereocenters. The highest BCUT2D eigenvalue weighted by molar-refractivity contribution is 5.70. The molecule has 0 amide bonds. The molecule has 3 heterocycles. The Labute approximate surface area is 204 Å². The summed E-state index contributed by atoms with van der Waals surface area (Å²) in [6, 6.07) is 3.73. The van der Waals surface area contributed by atoms with Crippen molar-refractivity contribution in [2.75, 3.05) is 5.32 Å². The van der Waals surface area contributed by atoms with Crippen molar-refractivity contribution in [2.24, 2.45) is 13.0 Å². The zero-order valence-corrected chi connectivity index (χ0v) is 20.6. The zero-order chi connectivity index (χ0) is 24.9. The Balaban J connectivity index is 1.47. The number of carboxylic acid groups (broad SMARTS) is 1. The van der Waals surface area contributed by atoms with Crippen LogP contribution in [0.5, 0.6) is 5.75 Å². The van der Waals surface area contributed by atoms with Gasteiger partial charge in [-0.25, -0.2) is 19.6 Å². The number of rotatable bonds is 9. The summed E-state index contributed by atoms with van der Waals surface area (Å²) in [7, 11) is 1.83. The van der Waals surface area contributed by atoms with Crippen molar-refractivity contribution in [1.29, 1.82) is 0 Å². The van der Waals surface area contributed by atoms with Crippen LogP contribution in [0.4, 0.5) is 5.95 Å². The lowest BCUT2D eigenvalue weighted by Gasteiger charge is -2.27. The molecule has 1 fully saturated rings. The predicted molar refractivity (Wildman–Crippen MR) is 129 cm³/mol. The fourth-order valence-electron chi connectivity index (χ4n) is 4.21. The van der Waals surface area contributed by atoms with E-state index in [-0.39, 0.29) is 17.9 Å². The van der Waals surface area contributed by atoms with Gasteiger partial charge in [-0.2, -0.15) is 4.98 Å². The second kappa shape index (κ2) is 10.7. The fourth-order valence-corrected chi connectivity index (χ4v) is 4.21. The molecule has 2 N–H and O–H groups in total. The number of carbonyl (C=O) groups is 1. The van der Waals surface area contributed by atoms with E-state index in [2.05, 4.69) is 44.4 Å². The lowest BCUT2D eigenvalue weighted by atomic mass is 9.87. The molecule has 11 nitrogen and oxygen atoms in total. The molecule has 11 heteroatoms. The topological polar surface area (TPSA) is 141 Å². The number of aryl methyl sites for hydroxylation is 2. The van der Waals surface area contributed by atoms with Crippen molar-refractivity contribution >= 4 is 11.9 Å². The van der Waals surface area contributed by atoms with E-state index in [9.17, 15) is 9.90 Å². The maximum atomic E-state index is 11.4. The summed E-state index contributed by atoms with van der Waals surface area (Å²) < 4.78 is 7.84. The SMILES string of the molecule is CCC(C)c1ncnc(NCc2c(-c3ccc(O[C@H]4CCC[C@H](C(=O)O)C4)c(C)n3)nnn2C)n1. The summed E-state index contributed by atoms with van der Waals surface area (Å²) in [6.07, 6.45) is 5.28. The first kappa shape index (κ1) is 24.5. The maximum absolute atomic E-state index is 11.4. The van der Waals surface area contributed by atoms with E-state index in [1.807, 2.05) is 26.1 Å². The minimum absolute atomic E-state index is 0.117. The Morgan fingerprint density at radius 2 is 2.11 bits per heavy atom. The van der Waals surface area contributed by atoms with E-state index in [0.29, 0.717) is 42.5 Å². The molecule has 1 aliphatic rings. The molecular formula is C24H32N8O3. The highest BCUT2D eigenvalue weighted by atomic mass is 16.5. The summed E-state index contributed by atoms with van der Waals surface area (Å²) in [5.41, 5.74) is 2.91. The number of ether oxygens (including phenoxy) is 1. The third kappa shape index (κ3) is 5.72. The lowest BCUT2D eigenvalue weighted by Crippen LogP contribution is -2.29. The standard InChI is InChI=1S/C24H32N8O3/c1-5-14(2)22-26-13-27-24(29-22)25-12-19-21(30-31-32(19)4)18-9-10-20(15(3)28-18)35-17-8-6-7-16(11-17)23(33)34/h9-10,13-14,16-17H,5-8,11-12H2,1-4H3,(H,33,34)(H,25,26,27,29)/t14?,16-,17-/m0/s1. The van der Waals surface area contributed by atoms with Crippen LogP contribution in [0.25, 0.3) is 11.4 Å². The Hall–Kier alpha value is -3.63.